The van der Waals surface area contributed by atoms with Crippen molar-refractivity contribution in [3.63, 3.8) is 0 Å². The summed E-state index contributed by atoms with van der Waals surface area (Å²) in [6.07, 6.45) is 0. The maximum absolute atomic E-state index is 6.23. The van der Waals surface area contributed by atoms with Gasteiger partial charge in [0, 0.05) is 191 Å². The molecule has 564 valence electrons. The number of hydrogen-bond acceptors (Lipinski definition) is 20. The summed E-state index contributed by atoms with van der Waals surface area (Å²) in [4.78, 5) is 66.2. The van der Waals surface area contributed by atoms with Crippen LogP contribution in [0.2, 0.25) is 20.1 Å². The predicted molar refractivity (Wildman–Crippen MR) is 451 cm³/mol. The number of anilines is 4. The molecule has 0 atom stereocenters. The molecule has 4 aliphatic heterocycles. The summed E-state index contributed by atoms with van der Waals surface area (Å²) in [6.45, 7) is 16.2. The maximum atomic E-state index is 6.23. The van der Waals surface area contributed by atoms with E-state index in [-0.39, 0.29) is 47.6 Å². The molecule has 12 aromatic rings. The lowest BCUT2D eigenvalue weighted by atomic mass is 10.1. The van der Waals surface area contributed by atoms with Gasteiger partial charge in [-0.2, -0.15) is 20.0 Å². The van der Waals surface area contributed by atoms with Gasteiger partial charge in [-0.3, -0.25) is 0 Å². The quantitative estimate of drug-likeness (QED) is 0.0401. The Morgan fingerprint density at radius 1 is 0.291 bits per heavy atom. The van der Waals surface area contributed by atoms with Gasteiger partial charge in [0.1, 0.15) is 0 Å². The highest BCUT2D eigenvalue weighted by atomic mass is 35.5. The molecule has 0 radical (unpaired) electrons. The fraction of sp³-hybridized carbons (Fsp3) is 0.231. The topological polar surface area (TPSA) is 404 Å². The van der Waals surface area contributed by atoms with Crippen LogP contribution in [-0.2, 0) is 0 Å². The van der Waals surface area contributed by atoms with Gasteiger partial charge < -0.3 is 85.9 Å². The minimum atomic E-state index is -0.0803. The number of rotatable bonds is 12. The van der Waals surface area contributed by atoms with Crippen LogP contribution in [0.15, 0.2) is 190 Å². The molecule has 18 N–H and O–H groups in total. The molecule has 32 heteroatoms. The van der Waals surface area contributed by atoms with Gasteiger partial charge in [-0.25, -0.2) is 39.9 Å². The second kappa shape index (κ2) is 35.2. The van der Waals surface area contributed by atoms with Crippen molar-refractivity contribution in [2.75, 3.05) is 138 Å². The lowest BCUT2D eigenvalue weighted by molar-refractivity contribution is 0.313. The molecule has 4 saturated heterocycles. The fourth-order valence-electron chi connectivity index (χ4n) is 13.2. The van der Waals surface area contributed by atoms with E-state index in [1.54, 1.807) is 24.3 Å². The number of nitrogens with one attached hydrogen (secondary N) is 2. The maximum Gasteiger partial charge on any atom is 0.253 e. The number of likely N-dealkylation sites (N-methyl/N-ethyl adjacent to an activating group) is 2. The monoisotopic (exact) mass is 1550 g/mol. The van der Waals surface area contributed by atoms with E-state index in [0.29, 0.717) is 20.1 Å². The molecule has 16 rings (SSSR count). The lowest BCUT2D eigenvalue weighted by Gasteiger charge is -2.34. The Morgan fingerprint density at radius 3 is 0.845 bits per heavy atom. The Kier molecular flexibility index (Phi) is 24.5. The first kappa shape index (κ1) is 76.6. The molecule has 0 spiro atoms. The Balaban J connectivity index is 0.000000129. The third kappa shape index (κ3) is 19.4. The summed E-state index contributed by atoms with van der Waals surface area (Å²) in [6, 6.07) is 55.3. The number of hydrogen-bond donors (Lipinski definition) is 10. The van der Waals surface area contributed by atoms with E-state index in [1.165, 1.54) is 17.1 Å². The van der Waals surface area contributed by atoms with Crippen LogP contribution in [0.1, 0.15) is 0 Å². The van der Waals surface area contributed by atoms with Crippen molar-refractivity contribution in [2.24, 2.45) is 65.8 Å². The summed E-state index contributed by atoms with van der Waals surface area (Å²) >= 11 is 24.9. The fourth-order valence-corrected chi connectivity index (χ4v) is 13.9. The molecule has 0 saturated carbocycles. The summed E-state index contributed by atoms with van der Waals surface area (Å²) in [7, 11) is 4.30. The van der Waals surface area contributed by atoms with Crippen molar-refractivity contribution in [1.29, 1.82) is 0 Å². The SMILES string of the molecule is CN1CCN(c2ccc(-c3nc(N=C(N)N)nc4ccc(Cl)cc34)cc2)CC1.CN1CCN(c2cccc(-c3nc(N=C(N)N)nc4ccc(Cl)cc34)c2)CC1.NC(N)=Nc1nc(-c2ccc(N3CCNCC3)cc2)c2cc(Cl)ccc2n1.NC(N)=Nc1nc(-c2cccc(N3CCNCC3)c2)c2cc(Cl)ccc2n1. The summed E-state index contributed by atoms with van der Waals surface area (Å²) in [5.41, 5.74) is 58.6. The molecule has 4 aliphatic rings. The third-order valence-electron chi connectivity index (χ3n) is 18.7. The highest BCUT2D eigenvalue weighted by molar-refractivity contribution is 6.32. The highest BCUT2D eigenvalue weighted by Gasteiger charge is 2.22. The van der Waals surface area contributed by atoms with Crippen molar-refractivity contribution in [3.05, 3.63) is 190 Å². The number of aliphatic imine (C=N–C) groups is 4. The normalized spacial score (nSPS) is 14.7. The van der Waals surface area contributed by atoms with Crippen molar-refractivity contribution < 1.29 is 0 Å². The van der Waals surface area contributed by atoms with Gasteiger partial charge in [-0.15, -0.1) is 0 Å². The zero-order valence-electron chi connectivity index (χ0n) is 60.7. The van der Waals surface area contributed by atoms with E-state index < -0.39 is 0 Å². The second-order valence-electron chi connectivity index (χ2n) is 26.5. The van der Waals surface area contributed by atoms with Gasteiger partial charge in [0.15, 0.2) is 23.8 Å². The van der Waals surface area contributed by atoms with E-state index in [0.717, 1.165) is 199 Å². The van der Waals surface area contributed by atoms with E-state index in [9.17, 15) is 0 Å². The Hall–Kier alpha value is -11.6. The number of benzene rings is 8. The Morgan fingerprint density at radius 2 is 0.555 bits per heavy atom. The Labute approximate surface area is 656 Å². The van der Waals surface area contributed by atoms with Crippen LogP contribution in [0.3, 0.4) is 0 Å². The number of guanidine groups is 4. The number of aromatic nitrogens is 8. The largest absolute Gasteiger partial charge is 0.370 e. The molecule has 0 unspecified atom stereocenters. The zero-order chi connectivity index (χ0) is 77.0. The van der Waals surface area contributed by atoms with Crippen LogP contribution in [0.4, 0.5) is 46.5 Å². The molecule has 8 aromatic carbocycles. The molecule has 8 heterocycles. The molecule has 4 aromatic heterocycles. The van der Waals surface area contributed by atoms with Crippen molar-refractivity contribution >= 4 is 160 Å². The molecular formula is C78H84Cl4N28. The first-order valence-electron chi connectivity index (χ1n) is 35.7. The Bertz CT molecular complexity index is 5390. The highest BCUT2D eigenvalue weighted by Crippen LogP contribution is 2.37. The molecular weight excluding hydrogens is 1470 g/mol. The van der Waals surface area contributed by atoms with Crippen LogP contribution in [0.25, 0.3) is 88.6 Å². The molecule has 4 fully saturated rings. The van der Waals surface area contributed by atoms with Gasteiger partial charge in [0.2, 0.25) is 0 Å². The minimum Gasteiger partial charge on any atom is -0.370 e. The molecule has 0 aliphatic carbocycles. The average Bonchev–Trinajstić information content (AvgIpc) is 0.805. The summed E-state index contributed by atoms with van der Waals surface area (Å²) in [5, 5.41) is 12.7. The van der Waals surface area contributed by atoms with Crippen LogP contribution in [-0.4, -0.2) is 192 Å². The number of fused-ring (bicyclic) bond motifs is 4. The standard InChI is InChI=1S/2C20H22ClN7.2C19H20ClN7/c1-27-8-10-28(11-9-27)15-5-2-13(3-6-15)18-16-12-14(21)4-7-17(16)24-20(25-18)26-19(22)23;1-27-7-9-28(10-8-27)15-4-2-3-13(11-15)18-16-12-14(21)5-6-17(16)24-20(25-18)26-19(22)23;20-13-3-6-16-15(11-13)17(25-19(24-16)26-18(21)22)12-1-4-14(5-2-12)27-9-7-23-8-10-27;20-13-4-5-16-15(11-13)17(25-19(24-16)26-18(21)22)12-2-1-3-14(10-12)27-8-6-23-7-9-27/h2-7,12H,8-11H2,1H3,(H4,22,23,24,25,26);2-6,11-12H,7-10H2,1H3,(H4,22,23,24,25,26);1-6,11,23H,7-10H2,(H4,21,22,24,25,26);1-5,10-11,23H,6-9H2,(H4,21,22,24,25,26). The van der Waals surface area contributed by atoms with E-state index >= 15 is 0 Å². The predicted octanol–water partition coefficient (Wildman–Crippen LogP) is 9.74. The van der Waals surface area contributed by atoms with Crippen LogP contribution < -0.4 is 76.1 Å². The second-order valence-corrected chi connectivity index (χ2v) is 28.3. The average molecular weight is 1560 g/mol. The first-order valence-corrected chi connectivity index (χ1v) is 37.2. The summed E-state index contributed by atoms with van der Waals surface area (Å²) < 4.78 is 0. The van der Waals surface area contributed by atoms with Gasteiger partial charge in [-0.1, -0.05) is 94.9 Å². The number of nitrogens with two attached hydrogens (primary N) is 8. The molecule has 0 amide bonds. The number of nitrogens with zero attached hydrogens (tertiary/aromatic N) is 18. The van der Waals surface area contributed by atoms with Crippen molar-refractivity contribution in [2.45, 2.75) is 0 Å². The van der Waals surface area contributed by atoms with E-state index in [2.05, 4.69) is 187 Å². The van der Waals surface area contributed by atoms with Gasteiger partial charge >= 0.3 is 0 Å². The zero-order valence-corrected chi connectivity index (χ0v) is 63.7. The number of piperazine rings is 4. The molecule has 110 heavy (non-hydrogen) atoms. The molecule has 28 nitrogen and oxygen atoms in total. The van der Waals surface area contributed by atoms with Crippen molar-refractivity contribution in [1.82, 2.24) is 60.3 Å². The molecule has 0 bridgehead atoms. The third-order valence-corrected chi connectivity index (χ3v) is 19.7. The van der Waals surface area contributed by atoms with Gasteiger partial charge in [0.05, 0.1) is 44.8 Å². The lowest BCUT2D eigenvalue weighted by Crippen LogP contribution is -2.44. The van der Waals surface area contributed by atoms with Gasteiger partial charge in [0.25, 0.3) is 23.8 Å². The van der Waals surface area contributed by atoms with E-state index in [4.69, 9.17) is 92.3 Å². The van der Waals surface area contributed by atoms with E-state index in [1.807, 2.05) is 72.8 Å². The van der Waals surface area contributed by atoms with Crippen molar-refractivity contribution in [3.8, 4) is 45.0 Å². The smallest absolute Gasteiger partial charge is 0.253 e. The van der Waals surface area contributed by atoms with Crippen LogP contribution in [0.5, 0.6) is 0 Å². The first-order chi connectivity index (χ1) is 53.2. The number of halogens is 4. The van der Waals surface area contributed by atoms with Crippen LogP contribution in [0, 0.1) is 0 Å². The van der Waals surface area contributed by atoms with Gasteiger partial charge in [-0.05, 0) is 135 Å². The minimum absolute atomic E-state index is 0.0783. The summed E-state index contributed by atoms with van der Waals surface area (Å²) in [5.74, 6) is 0.600. The van der Waals surface area contributed by atoms with Crippen LogP contribution >= 0.6 is 46.4 Å².